The molecule has 0 unspecified atom stereocenters. The number of sulfonamides is 1. The Balaban J connectivity index is 2.45. The molecule has 0 amide bonds. The molecule has 0 radical (unpaired) electrons. The highest BCUT2D eigenvalue weighted by Gasteiger charge is 2.21. The van der Waals surface area contributed by atoms with E-state index in [4.69, 9.17) is 5.84 Å². The SMILES string of the molecule is Cc1ccc(NS(=O)(=O)c2cc(Br)cnc2NN)c(F)c1. The average Bonchev–Trinajstić information content (AvgIpc) is 2.42. The average molecular weight is 375 g/mol. The van der Waals surface area contributed by atoms with Gasteiger partial charge in [0, 0.05) is 10.7 Å². The summed E-state index contributed by atoms with van der Waals surface area (Å²) < 4.78 is 41.1. The number of pyridine rings is 1. The molecule has 9 heteroatoms. The lowest BCUT2D eigenvalue weighted by Crippen LogP contribution is -2.19. The van der Waals surface area contributed by atoms with E-state index >= 15 is 0 Å². The van der Waals surface area contributed by atoms with Crippen molar-refractivity contribution in [1.29, 1.82) is 0 Å². The first kappa shape index (κ1) is 15.7. The zero-order chi connectivity index (χ0) is 15.6. The number of benzene rings is 1. The Morgan fingerprint density at radius 3 is 2.67 bits per heavy atom. The van der Waals surface area contributed by atoms with Crippen LogP contribution in [0.25, 0.3) is 0 Å². The molecule has 2 aromatic rings. The number of hydrogen-bond acceptors (Lipinski definition) is 5. The Morgan fingerprint density at radius 2 is 2.05 bits per heavy atom. The maximum absolute atomic E-state index is 13.8. The van der Waals surface area contributed by atoms with Gasteiger partial charge in [0.25, 0.3) is 10.0 Å². The van der Waals surface area contributed by atoms with Crippen molar-refractivity contribution in [2.75, 3.05) is 10.1 Å². The molecule has 0 saturated carbocycles. The molecule has 0 fully saturated rings. The van der Waals surface area contributed by atoms with E-state index in [-0.39, 0.29) is 16.4 Å². The van der Waals surface area contributed by atoms with E-state index in [9.17, 15) is 12.8 Å². The van der Waals surface area contributed by atoms with Crippen LogP contribution in [0.4, 0.5) is 15.9 Å². The van der Waals surface area contributed by atoms with Crippen LogP contribution in [0.5, 0.6) is 0 Å². The fourth-order valence-corrected chi connectivity index (χ4v) is 3.33. The maximum atomic E-state index is 13.8. The smallest absolute Gasteiger partial charge is 0.265 e. The number of hydrogen-bond donors (Lipinski definition) is 3. The summed E-state index contributed by atoms with van der Waals surface area (Å²) in [6, 6.07) is 5.50. The summed E-state index contributed by atoms with van der Waals surface area (Å²) >= 11 is 3.13. The van der Waals surface area contributed by atoms with E-state index < -0.39 is 15.8 Å². The molecule has 0 aliphatic heterocycles. The zero-order valence-electron chi connectivity index (χ0n) is 10.9. The normalized spacial score (nSPS) is 11.2. The van der Waals surface area contributed by atoms with Crippen LogP contribution >= 0.6 is 15.9 Å². The van der Waals surface area contributed by atoms with E-state index in [2.05, 4.69) is 31.1 Å². The Labute approximate surface area is 129 Å². The van der Waals surface area contributed by atoms with Gasteiger partial charge in [-0.3, -0.25) is 4.72 Å². The number of hydrazine groups is 1. The van der Waals surface area contributed by atoms with Crippen molar-refractivity contribution in [1.82, 2.24) is 4.98 Å². The molecule has 6 nitrogen and oxygen atoms in total. The molecule has 1 aromatic heterocycles. The summed E-state index contributed by atoms with van der Waals surface area (Å²) in [7, 11) is -4.04. The van der Waals surface area contributed by atoms with Gasteiger partial charge in [-0.1, -0.05) is 6.07 Å². The number of rotatable bonds is 4. The van der Waals surface area contributed by atoms with Crippen LogP contribution in [0.1, 0.15) is 5.56 Å². The van der Waals surface area contributed by atoms with Crippen molar-refractivity contribution < 1.29 is 12.8 Å². The minimum atomic E-state index is -4.04. The molecule has 1 aromatic carbocycles. The van der Waals surface area contributed by atoms with Crippen molar-refractivity contribution in [3.8, 4) is 0 Å². The van der Waals surface area contributed by atoms with Crippen molar-refractivity contribution in [2.24, 2.45) is 5.84 Å². The third-order valence-electron chi connectivity index (χ3n) is 2.61. The molecule has 0 bridgehead atoms. The van der Waals surface area contributed by atoms with E-state index in [1.54, 1.807) is 13.0 Å². The second-order valence-electron chi connectivity index (χ2n) is 4.23. The minimum absolute atomic E-state index is 0.0433. The lowest BCUT2D eigenvalue weighted by molar-refractivity contribution is 0.598. The fourth-order valence-electron chi connectivity index (χ4n) is 1.64. The topological polar surface area (TPSA) is 97.1 Å². The molecular formula is C12H12BrFN4O2S. The lowest BCUT2D eigenvalue weighted by Gasteiger charge is -2.12. The van der Waals surface area contributed by atoms with Gasteiger partial charge < -0.3 is 5.43 Å². The number of aryl methyl sites for hydroxylation is 1. The maximum Gasteiger partial charge on any atom is 0.265 e. The van der Waals surface area contributed by atoms with Crippen LogP contribution in [-0.2, 0) is 10.0 Å². The van der Waals surface area contributed by atoms with E-state index in [0.717, 1.165) is 0 Å². The van der Waals surface area contributed by atoms with Crippen molar-refractivity contribution in [2.45, 2.75) is 11.8 Å². The van der Waals surface area contributed by atoms with Gasteiger partial charge in [0.15, 0.2) is 5.82 Å². The van der Waals surface area contributed by atoms with Crippen molar-refractivity contribution in [3.63, 3.8) is 0 Å². The first-order valence-electron chi connectivity index (χ1n) is 5.74. The van der Waals surface area contributed by atoms with Crippen LogP contribution in [-0.4, -0.2) is 13.4 Å². The van der Waals surface area contributed by atoms with Gasteiger partial charge in [0.05, 0.1) is 5.69 Å². The van der Waals surface area contributed by atoms with Crippen molar-refractivity contribution in [3.05, 3.63) is 46.3 Å². The molecule has 0 aliphatic carbocycles. The Hall–Kier alpha value is -1.71. The molecule has 4 N–H and O–H groups in total. The van der Waals surface area contributed by atoms with Gasteiger partial charge in [0.1, 0.15) is 10.7 Å². The predicted molar refractivity (Wildman–Crippen MR) is 81.7 cm³/mol. The van der Waals surface area contributed by atoms with Crippen LogP contribution in [0.3, 0.4) is 0 Å². The number of nitrogens with zero attached hydrogens (tertiary/aromatic N) is 1. The molecule has 0 saturated heterocycles. The molecule has 0 spiro atoms. The number of anilines is 2. The second-order valence-corrected chi connectivity index (χ2v) is 6.80. The van der Waals surface area contributed by atoms with E-state index in [1.807, 2.05) is 0 Å². The third kappa shape index (κ3) is 3.49. The highest BCUT2D eigenvalue weighted by atomic mass is 79.9. The predicted octanol–water partition coefficient (Wildman–Crippen LogP) is 2.38. The Bertz CT molecular complexity index is 783. The summed E-state index contributed by atoms with van der Waals surface area (Å²) in [6.45, 7) is 1.70. The summed E-state index contributed by atoms with van der Waals surface area (Å²) in [5.74, 6) is 4.54. The standard InChI is InChI=1S/C12H12BrFN4O2S/c1-7-2-3-10(9(14)4-7)18-21(19,20)11-5-8(13)6-16-12(11)17-15/h2-6,18H,15H2,1H3,(H,16,17). The summed E-state index contributed by atoms with van der Waals surface area (Å²) in [6.07, 6.45) is 1.39. The number of aromatic nitrogens is 1. The first-order valence-corrected chi connectivity index (χ1v) is 8.02. The molecule has 112 valence electrons. The third-order valence-corrected chi connectivity index (χ3v) is 4.43. The van der Waals surface area contributed by atoms with Gasteiger partial charge in [-0.15, -0.1) is 0 Å². The van der Waals surface area contributed by atoms with Crippen molar-refractivity contribution >= 4 is 37.5 Å². The first-order chi connectivity index (χ1) is 9.83. The largest absolute Gasteiger partial charge is 0.307 e. The monoisotopic (exact) mass is 374 g/mol. The van der Waals surface area contributed by atoms with Gasteiger partial charge in [0.2, 0.25) is 0 Å². The summed E-state index contributed by atoms with van der Waals surface area (Å²) in [5, 5.41) is 0. The lowest BCUT2D eigenvalue weighted by atomic mass is 10.2. The Kier molecular flexibility index (Phi) is 4.45. The summed E-state index contributed by atoms with van der Waals surface area (Å²) in [4.78, 5) is 3.65. The second kappa shape index (κ2) is 5.96. The van der Waals surface area contributed by atoms with Gasteiger partial charge in [-0.2, -0.15) is 0 Å². The molecule has 2 rings (SSSR count). The number of halogens is 2. The van der Waals surface area contributed by atoms with Crippen LogP contribution in [0.15, 0.2) is 39.8 Å². The van der Waals surface area contributed by atoms with Crippen LogP contribution in [0, 0.1) is 12.7 Å². The highest BCUT2D eigenvalue weighted by molar-refractivity contribution is 9.10. The molecule has 0 aliphatic rings. The van der Waals surface area contributed by atoms with Gasteiger partial charge in [-0.25, -0.2) is 23.6 Å². The zero-order valence-corrected chi connectivity index (χ0v) is 13.3. The number of nitrogens with one attached hydrogen (secondary N) is 2. The number of nitrogens with two attached hydrogens (primary N) is 1. The fraction of sp³-hybridized carbons (Fsp3) is 0.0833. The molecular weight excluding hydrogens is 363 g/mol. The molecule has 21 heavy (non-hydrogen) atoms. The van der Waals surface area contributed by atoms with Crippen LogP contribution < -0.4 is 16.0 Å². The summed E-state index contributed by atoms with van der Waals surface area (Å²) in [5.41, 5.74) is 2.73. The quantitative estimate of drug-likeness (QED) is 0.563. The van der Waals surface area contributed by atoms with Crippen LogP contribution in [0.2, 0.25) is 0 Å². The van der Waals surface area contributed by atoms with Gasteiger partial charge in [-0.05, 0) is 46.6 Å². The minimum Gasteiger partial charge on any atom is -0.307 e. The van der Waals surface area contributed by atoms with E-state index in [1.165, 1.54) is 24.4 Å². The molecule has 1 heterocycles. The van der Waals surface area contributed by atoms with E-state index in [0.29, 0.717) is 10.0 Å². The number of nitrogen functional groups attached to an aromatic ring is 1. The Morgan fingerprint density at radius 1 is 1.33 bits per heavy atom. The highest BCUT2D eigenvalue weighted by Crippen LogP contribution is 2.25. The van der Waals surface area contributed by atoms with Gasteiger partial charge >= 0.3 is 0 Å². The molecule has 0 atom stereocenters.